The summed E-state index contributed by atoms with van der Waals surface area (Å²) in [7, 11) is 0. The molecule has 0 aromatic heterocycles. The number of hydrogen-bond donors (Lipinski definition) is 1. The van der Waals surface area contributed by atoms with Gasteiger partial charge in [0.25, 0.3) is 0 Å². The predicted octanol–water partition coefficient (Wildman–Crippen LogP) is 3.83. The third kappa shape index (κ3) is 4.72. The Labute approximate surface area is 126 Å². The van der Waals surface area contributed by atoms with Crippen LogP contribution in [0.25, 0.3) is 0 Å². The molecule has 0 spiro atoms. The van der Waals surface area contributed by atoms with Crippen LogP contribution in [0.2, 0.25) is 5.02 Å². The van der Waals surface area contributed by atoms with Gasteiger partial charge >= 0.3 is 0 Å². The maximum atomic E-state index is 13.4. The van der Waals surface area contributed by atoms with Gasteiger partial charge in [-0.25, -0.2) is 4.39 Å². The van der Waals surface area contributed by atoms with E-state index in [9.17, 15) is 4.39 Å². The first-order valence-electron chi connectivity index (χ1n) is 7.58. The van der Waals surface area contributed by atoms with Crippen molar-refractivity contribution in [3.8, 4) is 0 Å². The summed E-state index contributed by atoms with van der Waals surface area (Å²) in [6.07, 6.45) is 4.83. The average molecular weight is 299 g/mol. The third-order valence-corrected chi connectivity index (χ3v) is 4.24. The SMILES string of the molecule is CCCCN(Cc1cc(F)ccc1Cl)CC1CCCN1. The van der Waals surface area contributed by atoms with Gasteiger partial charge in [-0.15, -0.1) is 0 Å². The van der Waals surface area contributed by atoms with Crippen molar-refractivity contribution in [3.05, 3.63) is 34.6 Å². The molecular formula is C16H24ClFN2. The molecule has 0 aliphatic carbocycles. The Morgan fingerprint density at radius 3 is 3.00 bits per heavy atom. The molecule has 1 atom stereocenters. The van der Waals surface area contributed by atoms with Crippen LogP contribution in [-0.2, 0) is 6.54 Å². The van der Waals surface area contributed by atoms with Gasteiger partial charge in [-0.3, -0.25) is 4.90 Å². The minimum Gasteiger partial charge on any atom is -0.313 e. The van der Waals surface area contributed by atoms with Crippen molar-refractivity contribution in [3.63, 3.8) is 0 Å². The molecule has 4 heteroatoms. The van der Waals surface area contributed by atoms with Crippen molar-refractivity contribution in [1.82, 2.24) is 10.2 Å². The molecule has 0 radical (unpaired) electrons. The van der Waals surface area contributed by atoms with Crippen LogP contribution < -0.4 is 5.32 Å². The van der Waals surface area contributed by atoms with Crippen molar-refractivity contribution in [2.24, 2.45) is 0 Å². The molecule has 1 unspecified atom stereocenters. The number of benzene rings is 1. The fourth-order valence-corrected chi connectivity index (χ4v) is 2.92. The van der Waals surface area contributed by atoms with Crippen molar-refractivity contribution in [2.45, 2.75) is 45.2 Å². The molecule has 0 amide bonds. The van der Waals surface area contributed by atoms with Crippen LogP contribution in [-0.4, -0.2) is 30.6 Å². The van der Waals surface area contributed by atoms with E-state index in [4.69, 9.17) is 11.6 Å². The summed E-state index contributed by atoms with van der Waals surface area (Å²) in [5.74, 6) is -0.209. The second-order valence-corrected chi connectivity index (χ2v) is 6.02. The van der Waals surface area contributed by atoms with Gasteiger partial charge in [0.1, 0.15) is 5.82 Å². The quantitative estimate of drug-likeness (QED) is 0.823. The van der Waals surface area contributed by atoms with Gasteiger partial charge in [-0.05, 0) is 56.1 Å². The van der Waals surface area contributed by atoms with Crippen LogP contribution in [0, 0.1) is 5.82 Å². The number of nitrogens with zero attached hydrogens (tertiary/aromatic N) is 1. The molecular weight excluding hydrogens is 275 g/mol. The lowest BCUT2D eigenvalue weighted by atomic mass is 10.1. The Hall–Kier alpha value is -0.640. The maximum absolute atomic E-state index is 13.4. The molecule has 112 valence electrons. The van der Waals surface area contributed by atoms with E-state index in [0.717, 1.165) is 31.7 Å². The number of unbranched alkanes of at least 4 members (excludes halogenated alkanes) is 1. The molecule has 2 nitrogen and oxygen atoms in total. The smallest absolute Gasteiger partial charge is 0.123 e. The molecule has 0 bridgehead atoms. The van der Waals surface area contributed by atoms with E-state index < -0.39 is 0 Å². The molecule has 1 fully saturated rings. The number of nitrogens with one attached hydrogen (secondary N) is 1. The lowest BCUT2D eigenvalue weighted by molar-refractivity contribution is 0.237. The Bertz CT molecular complexity index is 419. The van der Waals surface area contributed by atoms with Gasteiger partial charge in [0.15, 0.2) is 0 Å². The first-order valence-corrected chi connectivity index (χ1v) is 7.96. The highest BCUT2D eigenvalue weighted by Gasteiger charge is 2.18. The predicted molar refractivity (Wildman–Crippen MR) is 82.6 cm³/mol. The topological polar surface area (TPSA) is 15.3 Å². The van der Waals surface area contributed by atoms with E-state index in [1.54, 1.807) is 12.1 Å². The zero-order chi connectivity index (χ0) is 14.4. The summed E-state index contributed by atoms with van der Waals surface area (Å²) in [5.41, 5.74) is 0.890. The lowest BCUT2D eigenvalue weighted by Crippen LogP contribution is -2.37. The first kappa shape index (κ1) is 15.7. The summed E-state index contributed by atoms with van der Waals surface area (Å²) >= 11 is 6.18. The van der Waals surface area contributed by atoms with Crippen LogP contribution in [0.1, 0.15) is 38.2 Å². The highest BCUT2D eigenvalue weighted by molar-refractivity contribution is 6.31. The van der Waals surface area contributed by atoms with E-state index in [0.29, 0.717) is 11.1 Å². The van der Waals surface area contributed by atoms with Gasteiger partial charge in [0.05, 0.1) is 0 Å². The van der Waals surface area contributed by atoms with Gasteiger partial charge in [0.2, 0.25) is 0 Å². The van der Waals surface area contributed by atoms with Crippen LogP contribution >= 0.6 is 11.6 Å². The highest BCUT2D eigenvalue weighted by Crippen LogP contribution is 2.20. The molecule has 1 aliphatic heterocycles. The van der Waals surface area contributed by atoms with Crippen molar-refractivity contribution < 1.29 is 4.39 Å². The Balaban J connectivity index is 1.99. The number of halogens is 2. The summed E-state index contributed by atoms with van der Waals surface area (Å²) in [5, 5.41) is 4.19. The second-order valence-electron chi connectivity index (χ2n) is 5.62. The average Bonchev–Trinajstić information content (AvgIpc) is 2.93. The Kier molecular flexibility index (Phi) is 6.27. The van der Waals surface area contributed by atoms with Gasteiger partial charge in [0, 0.05) is 24.2 Å². The third-order valence-electron chi connectivity index (χ3n) is 3.87. The minimum atomic E-state index is -0.209. The van der Waals surface area contributed by atoms with Gasteiger partial charge in [-0.1, -0.05) is 24.9 Å². The standard InChI is InChI=1S/C16H24ClFN2/c1-2-3-9-20(12-15-5-4-8-19-15)11-13-10-14(18)6-7-16(13)17/h6-7,10,15,19H,2-5,8-9,11-12H2,1H3. The zero-order valence-corrected chi connectivity index (χ0v) is 12.9. The largest absolute Gasteiger partial charge is 0.313 e. The molecule has 2 rings (SSSR count). The highest BCUT2D eigenvalue weighted by atomic mass is 35.5. The normalized spacial score (nSPS) is 18.9. The Morgan fingerprint density at radius 1 is 1.45 bits per heavy atom. The van der Waals surface area contributed by atoms with Crippen molar-refractivity contribution in [1.29, 1.82) is 0 Å². The van der Waals surface area contributed by atoms with E-state index in [2.05, 4.69) is 17.1 Å². The zero-order valence-electron chi connectivity index (χ0n) is 12.2. The molecule has 0 saturated carbocycles. The molecule has 1 aromatic carbocycles. The van der Waals surface area contributed by atoms with E-state index in [1.165, 1.54) is 31.7 Å². The molecule has 1 N–H and O–H groups in total. The van der Waals surface area contributed by atoms with Crippen molar-refractivity contribution >= 4 is 11.6 Å². The molecule has 20 heavy (non-hydrogen) atoms. The molecule has 1 saturated heterocycles. The van der Waals surface area contributed by atoms with E-state index in [-0.39, 0.29) is 5.82 Å². The molecule has 1 aromatic rings. The van der Waals surface area contributed by atoms with E-state index in [1.807, 2.05) is 0 Å². The van der Waals surface area contributed by atoms with Crippen LogP contribution in [0.3, 0.4) is 0 Å². The Morgan fingerprint density at radius 2 is 2.30 bits per heavy atom. The fraction of sp³-hybridized carbons (Fsp3) is 0.625. The monoisotopic (exact) mass is 298 g/mol. The summed E-state index contributed by atoms with van der Waals surface area (Å²) < 4.78 is 13.4. The summed E-state index contributed by atoms with van der Waals surface area (Å²) in [4.78, 5) is 2.40. The lowest BCUT2D eigenvalue weighted by Gasteiger charge is -2.26. The second kappa shape index (κ2) is 7.96. The first-order chi connectivity index (χ1) is 9.69. The molecule has 1 aliphatic rings. The van der Waals surface area contributed by atoms with Crippen LogP contribution in [0.4, 0.5) is 4.39 Å². The number of rotatable bonds is 7. The maximum Gasteiger partial charge on any atom is 0.123 e. The van der Waals surface area contributed by atoms with Crippen LogP contribution in [0.15, 0.2) is 18.2 Å². The van der Waals surface area contributed by atoms with Crippen LogP contribution in [0.5, 0.6) is 0 Å². The number of hydrogen-bond acceptors (Lipinski definition) is 2. The summed E-state index contributed by atoms with van der Waals surface area (Å²) in [6, 6.07) is 5.20. The minimum absolute atomic E-state index is 0.209. The molecule has 1 heterocycles. The fourth-order valence-electron chi connectivity index (χ4n) is 2.75. The summed E-state index contributed by atoms with van der Waals surface area (Å²) in [6.45, 7) is 6.11. The van der Waals surface area contributed by atoms with Gasteiger partial charge in [-0.2, -0.15) is 0 Å². The van der Waals surface area contributed by atoms with Crippen molar-refractivity contribution in [2.75, 3.05) is 19.6 Å². The van der Waals surface area contributed by atoms with E-state index >= 15 is 0 Å². The van der Waals surface area contributed by atoms with Gasteiger partial charge < -0.3 is 5.32 Å².